The Hall–Kier alpha value is -4.99. The van der Waals surface area contributed by atoms with E-state index in [1.807, 2.05) is 0 Å². The molecule has 0 saturated heterocycles. The fourth-order valence-corrected chi connectivity index (χ4v) is 26.5. The van der Waals surface area contributed by atoms with Crippen molar-refractivity contribution in [2.24, 2.45) is 0 Å². The van der Waals surface area contributed by atoms with Crippen LogP contribution in [0.4, 0.5) is 5.69 Å². The molecule has 0 radical (unpaired) electrons. The van der Waals surface area contributed by atoms with Gasteiger partial charge < -0.3 is 0 Å². The van der Waals surface area contributed by atoms with E-state index in [-0.39, 0.29) is 57.5 Å². The van der Waals surface area contributed by atoms with Crippen LogP contribution in [0.1, 0.15) is 172 Å². The Balaban J connectivity index is 1.40. The van der Waals surface area contributed by atoms with Crippen LogP contribution < -0.4 is 85.7 Å². The first-order valence-corrected chi connectivity index (χ1v) is 48.6. The molecule has 0 bridgehead atoms. The molecule has 2 N–H and O–H groups in total. The second kappa shape index (κ2) is 37.6. The van der Waals surface area contributed by atoms with Gasteiger partial charge in [-0.3, -0.25) is 0 Å². The Bertz CT molecular complexity index is 5180. The molecule has 23 heteroatoms. The monoisotopic (exact) mass is 1740 g/mol. The summed E-state index contributed by atoms with van der Waals surface area (Å²) < 4.78 is 64.9. The molecule has 1 unspecified atom stereocenters. The van der Waals surface area contributed by atoms with Crippen LogP contribution in [0, 0.1) is 191 Å². The van der Waals surface area contributed by atoms with Gasteiger partial charge in [-0.05, 0) is 27.7 Å². The second-order valence-electron chi connectivity index (χ2n) is 33.6. The number of hydrogen-bond donors (Lipinski definition) is 1. The van der Waals surface area contributed by atoms with E-state index in [2.05, 4.69) is 321 Å². The molecule has 0 heterocycles. The Morgan fingerprint density at radius 1 is 0.296 bits per heavy atom. The first kappa shape index (κ1) is 92.3. The molecule has 10 aromatic carbocycles. The molecule has 0 spiro atoms. The van der Waals surface area contributed by atoms with E-state index in [1.165, 1.54) is 93.4 Å². The summed E-state index contributed by atoms with van der Waals surface area (Å²) in [5.41, 5.74) is 55.3. The molecule has 0 aliphatic carbocycles. The van der Waals surface area contributed by atoms with Gasteiger partial charge in [0.05, 0.1) is 0 Å². The summed E-state index contributed by atoms with van der Waals surface area (Å²) in [7, 11) is 12.0. The van der Waals surface area contributed by atoms with Gasteiger partial charge in [-0.2, -0.15) is 0 Å². The SMILES string of the molecule is Bc1c(C)cc(C)c(OC(Oc2c(C)cc(C)c(B)c2C)PCc2c(N)c(C)c(C)c(CP(Oc3c(C)cc(C)c(B)c3C)Oc3c(C)cc(C)c(B)c3C)c2-c2c(CP(Oc3c(C)cc(C)c(B)c3C)Oc3c(C)cc(C)c(B)c3C)[c]([K])c(C)c(I)c2CP(Oc2c(C)cc(C)c(B)c2C)Oc2c(C)cc(C)c(B)c2C)c1C. The summed E-state index contributed by atoms with van der Waals surface area (Å²) in [6, 6.07) is 17.3. The average molecular weight is 1740 g/mol. The van der Waals surface area contributed by atoms with Crippen molar-refractivity contribution in [2.45, 2.75) is 218 Å². The van der Waals surface area contributed by atoms with Crippen molar-refractivity contribution < 1.29 is 36.6 Å². The molecule has 0 fully saturated rings. The summed E-state index contributed by atoms with van der Waals surface area (Å²) in [6.45, 7) is 59.4. The third kappa shape index (κ3) is 19.0. The summed E-state index contributed by atoms with van der Waals surface area (Å²) >= 11 is 2.77. The number of ether oxygens (including phenoxy) is 2. The van der Waals surface area contributed by atoms with Crippen molar-refractivity contribution >= 4 is 217 Å². The van der Waals surface area contributed by atoms with E-state index in [0.717, 1.165) is 183 Å². The third-order valence-electron chi connectivity index (χ3n) is 26.0. The molecule has 10 rings (SSSR count). The van der Waals surface area contributed by atoms with Gasteiger partial charge in [0.15, 0.2) is 0 Å². The van der Waals surface area contributed by atoms with E-state index in [0.29, 0.717) is 30.3 Å². The van der Waals surface area contributed by atoms with E-state index in [4.69, 9.17) is 42.3 Å². The van der Waals surface area contributed by atoms with Gasteiger partial charge in [0.25, 0.3) is 0 Å². The Labute approximate surface area is 750 Å². The van der Waals surface area contributed by atoms with Gasteiger partial charge in [-0.15, -0.1) is 0 Å². The van der Waals surface area contributed by atoms with Crippen LogP contribution in [0.5, 0.6) is 46.0 Å². The molecule has 0 aromatic heterocycles. The summed E-state index contributed by atoms with van der Waals surface area (Å²) in [5.74, 6) is 6.72. The van der Waals surface area contributed by atoms with E-state index >= 15 is 0 Å². The van der Waals surface area contributed by atoms with Crippen molar-refractivity contribution in [2.75, 3.05) is 5.73 Å². The average Bonchev–Trinajstić information content (AvgIpc) is 0.729. The quantitative estimate of drug-likeness (QED) is 0.0187. The molecule has 0 amide bonds. The van der Waals surface area contributed by atoms with Crippen molar-refractivity contribution in [1.29, 1.82) is 0 Å². The van der Waals surface area contributed by atoms with Crippen molar-refractivity contribution in [3.8, 4) is 57.1 Å². The molecule has 115 heavy (non-hydrogen) atoms. The maximum atomic E-state index is 8.31. The number of anilines is 1. The van der Waals surface area contributed by atoms with Crippen molar-refractivity contribution in [3.63, 3.8) is 0 Å². The van der Waals surface area contributed by atoms with E-state index in [9.17, 15) is 0 Å². The molecule has 10 aromatic rings. The minimum absolute atomic E-state index is 0.00995. The zero-order valence-electron chi connectivity index (χ0n) is 76.1. The molecular formula is C92H117B8IKNO8P4. The van der Waals surface area contributed by atoms with E-state index < -0.39 is 31.2 Å². The van der Waals surface area contributed by atoms with E-state index in [1.54, 1.807) is 0 Å². The van der Waals surface area contributed by atoms with Crippen molar-refractivity contribution in [3.05, 3.63) is 225 Å². The second-order valence-corrected chi connectivity index (χ2v) is 41.5. The molecule has 590 valence electrons. The van der Waals surface area contributed by atoms with Gasteiger partial charge in [0.2, 0.25) is 0 Å². The first-order valence-electron chi connectivity index (χ1n) is 40.6. The molecular weight excluding hydrogens is 1620 g/mol. The van der Waals surface area contributed by atoms with Gasteiger partial charge >= 0.3 is 704 Å². The predicted octanol–water partition coefficient (Wildman–Crippen LogP) is 12.3. The minimum atomic E-state index is -1.90. The number of nitrogen functional groups attached to an aromatic ring is 1. The van der Waals surface area contributed by atoms with Crippen LogP contribution in [0.25, 0.3) is 11.1 Å². The van der Waals surface area contributed by atoms with Crippen LogP contribution in [-0.4, -0.2) is 118 Å². The Morgan fingerprint density at radius 2 is 0.513 bits per heavy atom. The van der Waals surface area contributed by atoms with Crippen LogP contribution in [-0.2, 0) is 24.6 Å². The Kier molecular flexibility index (Phi) is 30.1. The standard InChI is InChI=1S/C92H117B8INO8P4.K/c1-41-28-50(10)84(60(20)74(41)93)103-92(104-85-51(11)29-42(2)75(94)61(85)21)111-37-69-73(70(58(18)59(19)83(69)102)39-113(107-88-54(14)32-45(5)78(97)64(88)24)108-89-55(15)33-46(6)79(98)65(89)25)72-68(38-112(105-86-52(12)30-43(3)76(95)62(86)22)106-87-53(13)31-44(4)77(96)63(87)23)36-49(9)82(101)71(72)40-114(109-90-56(16)34-47(7)80(99)66(90)26)110-91-57(17)35-48(8)81(100)67(91)27;/h28-35,92,111H,37-40,93-100,102H2,1-27H3;. The molecule has 0 saturated carbocycles. The Morgan fingerprint density at radius 3 is 0.774 bits per heavy atom. The van der Waals surface area contributed by atoms with Gasteiger partial charge in [0.1, 0.15) is 15.7 Å². The third-order valence-corrected chi connectivity index (χ3v) is 34.8. The molecule has 0 aliphatic heterocycles. The summed E-state index contributed by atoms with van der Waals surface area (Å²) in [6.07, 6.45) is 1.64. The van der Waals surface area contributed by atoms with Crippen LogP contribution >= 0.6 is 56.3 Å². The maximum absolute atomic E-state index is 8.31. The zero-order valence-corrected chi connectivity index (χ0v) is 85.1. The van der Waals surface area contributed by atoms with Gasteiger partial charge in [0, 0.05) is 0 Å². The topological polar surface area (TPSA) is 99.9 Å². The predicted molar refractivity (Wildman–Crippen MR) is 532 cm³/mol. The first-order chi connectivity index (χ1) is 53.8. The van der Waals surface area contributed by atoms with Gasteiger partial charge in [-0.1, -0.05) is 11.1 Å². The number of benzene rings is 10. The van der Waals surface area contributed by atoms with Crippen LogP contribution in [0.3, 0.4) is 0 Å². The number of halogens is 1. The number of nitrogens with two attached hydrogens (primary N) is 1. The van der Waals surface area contributed by atoms with Crippen LogP contribution in [0.15, 0.2) is 48.5 Å². The van der Waals surface area contributed by atoms with Gasteiger partial charge in [-0.25, -0.2) is 0 Å². The summed E-state index contributed by atoms with van der Waals surface area (Å²) in [5, 5.41) is 0. The zero-order chi connectivity index (χ0) is 85.2. The fourth-order valence-electron chi connectivity index (χ4n) is 16.6. The summed E-state index contributed by atoms with van der Waals surface area (Å²) in [4.78, 5) is 0. The normalized spacial score (nSPS) is 11.7. The van der Waals surface area contributed by atoms with Crippen LogP contribution in [0.2, 0.25) is 0 Å². The molecule has 9 nitrogen and oxygen atoms in total. The van der Waals surface area contributed by atoms with Crippen molar-refractivity contribution in [1.82, 2.24) is 0 Å². The fraction of sp³-hybridized carbons (Fsp3) is 0.348. The number of rotatable bonds is 26. The number of hydrogen-bond acceptors (Lipinski definition) is 9. The molecule has 0 aliphatic rings. The molecule has 1 atom stereocenters. The number of aryl methyl sites for hydroxylation is 16.